The van der Waals surface area contributed by atoms with Gasteiger partial charge >= 0.3 is 5.97 Å². The Labute approximate surface area is 123 Å². The van der Waals surface area contributed by atoms with E-state index < -0.39 is 5.97 Å². The molecule has 0 radical (unpaired) electrons. The summed E-state index contributed by atoms with van der Waals surface area (Å²) in [5.74, 6) is -1.12. The maximum absolute atomic E-state index is 12.7. The first-order chi connectivity index (χ1) is 10.0. The predicted octanol–water partition coefficient (Wildman–Crippen LogP) is 2.46. The summed E-state index contributed by atoms with van der Waals surface area (Å²) in [6, 6.07) is 12.7. The van der Waals surface area contributed by atoms with Gasteiger partial charge in [-0.05, 0) is 31.2 Å². The Bertz CT molecular complexity index is 647. The molecule has 1 amide bonds. The lowest BCUT2D eigenvalue weighted by Crippen LogP contribution is -2.34. The average Bonchev–Trinajstić information content (AvgIpc) is 2.80. The number of carboxylic acids is 1. The molecule has 5 heteroatoms. The molecule has 0 fully saturated rings. The van der Waals surface area contributed by atoms with Crippen molar-refractivity contribution in [3.63, 3.8) is 0 Å². The molecule has 110 valence electrons. The van der Waals surface area contributed by atoms with Crippen LogP contribution >= 0.6 is 0 Å². The highest BCUT2D eigenvalue weighted by Gasteiger charge is 2.21. The van der Waals surface area contributed by atoms with E-state index in [0.717, 1.165) is 5.69 Å². The Morgan fingerprint density at radius 1 is 1.14 bits per heavy atom. The van der Waals surface area contributed by atoms with E-state index in [9.17, 15) is 9.59 Å². The summed E-state index contributed by atoms with van der Waals surface area (Å²) < 4.78 is 1.80. The monoisotopic (exact) mass is 286 g/mol. The first-order valence-corrected chi connectivity index (χ1v) is 6.71. The Balaban J connectivity index is 2.33. The fourth-order valence-electron chi connectivity index (χ4n) is 2.13. The summed E-state index contributed by atoms with van der Waals surface area (Å²) in [5.41, 5.74) is 2.22. The van der Waals surface area contributed by atoms with Gasteiger partial charge in [-0.25, -0.2) is 0 Å². The summed E-state index contributed by atoms with van der Waals surface area (Å²) >= 11 is 0. The quantitative estimate of drug-likeness (QED) is 0.918. The molecule has 0 unspecified atom stereocenters. The molecule has 1 aromatic carbocycles. The van der Waals surface area contributed by atoms with Gasteiger partial charge in [0.15, 0.2) is 0 Å². The van der Waals surface area contributed by atoms with Gasteiger partial charge in [-0.15, -0.1) is 0 Å². The molecule has 0 saturated heterocycles. The number of para-hydroxylation sites is 1. The first-order valence-electron chi connectivity index (χ1n) is 6.71. The number of aromatic nitrogens is 1. The number of amides is 1. The lowest BCUT2D eigenvalue weighted by molar-refractivity contribution is -0.136. The number of anilines is 1. The van der Waals surface area contributed by atoms with Gasteiger partial charge in [-0.1, -0.05) is 18.2 Å². The van der Waals surface area contributed by atoms with Crippen LogP contribution in [0.15, 0.2) is 42.5 Å². The Kier molecular flexibility index (Phi) is 4.42. The summed E-state index contributed by atoms with van der Waals surface area (Å²) in [6.07, 6.45) is -0.0932. The molecular weight excluding hydrogens is 268 g/mol. The van der Waals surface area contributed by atoms with E-state index in [0.29, 0.717) is 11.4 Å². The van der Waals surface area contributed by atoms with Crippen molar-refractivity contribution in [2.75, 3.05) is 11.4 Å². The van der Waals surface area contributed by atoms with E-state index in [-0.39, 0.29) is 18.9 Å². The normalized spacial score (nSPS) is 10.4. The van der Waals surface area contributed by atoms with Crippen LogP contribution in [0.25, 0.3) is 0 Å². The van der Waals surface area contributed by atoms with Crippen molar-refractivity contribution in [1.29, 1.82) is 0 Å². The highest BCUT2D eigenvalue weighted by molar-refractivity contribution is 6.05. The molecule has 0 aliphatic heterocycles. The van der Waals surface area contributed by atoms with Gasteiger partial charge in [0, 0.05) is 25.0 Å². The molecule has 2 aromatic rings. The summed E-state index contributed by atoms with van der Waals surface area (Å²) in [5, 5.41) is 8.88. The van der Waals surface area contributed by atoms with Crippen LogP contribution < -0.4 is 4.90 Å². The number of hydrogen-bond acceptors (Lipinski definition) is 2. The van der Waals surface area contributed by atoms with Crippen LogP contribution in [0.1, 0.15) is 22.6 Å². The number of aryl methyl sites for hydroxylation is 1. The number of benzene rings is 1. The lowest BCUT2D eigenvalue weighted by Gasteiger charge is -2.22. The topological polar surface area (TPSA) is 62.5 Å². The van der Waals surface area contributed by atoms with E-state index in [1.807, 2.05) is 38.2 Å². The molecule has 5 nitrogen and oxygen atoms in total. The minimum atomic E-state index is -0.924. The van der Waals surface area contributed by atoms with Crippen LogP contribution in [-0.2, 0) is 11.8 Å². The van der Waals surface area contributed by atoms with Gasteiger partial charge in [0.2, 0.25) is 0 Å². The van der Waals surface area contributed by atoms with Gasteiger partial charge in [0.25, 0.3) is 5.91 Å². The van der Waals surface area contributed by atoms with Crippen molar-refractivity contribution in [3.05, 3.63) is 53.9 Å². The Morgan fingerprint density at radius 2 is 1.81 bits per heavy atom. The summed E-state index contributed by atoms with van der Waals surface area (Å²) in [6.45, 7) is 2.06. The first kappa shape index (κ1) is 14.8. The molecule has 0 aliphatic carbocycles. The van der Waals surface area contributed by atoms with Crippen molar-refractivity contribution < 1.29 is 14.7 Å². The zero-order chi connectivity index (χ0) is 15.4. The van der Waals surface area contributed by atoms with E-state index in [4.69, 9.17) is 5.11 Å². The van der Waals surface area contributed by atoms with Gasteiger partial charge < -0.3 is 14.6 Å². The van der Waals surface area contributed by atoms with Crippen LogP contribution in [0.5, 0.6) is 0 Å². The van der Waals surface area contributed by atoms with Gasteiger partial charge in [-0.3, -0.25) is 9.59 Å². The van der Waals surface area contributed by atoms with E-state index in [1.54, 1.807) is 22.8 Å². The van der Waals surface area contributed by atoms with Crippen molar-refractivity contribution in [2.45, 2.75) is 13.3 Å². The number of carboxylic acid groups (broad SMARTS) is 1. The third kappa shape index (κ3) is 3.31. The number of carbonyl (C=O) groups excluding carboxylic acids is 1. The molecule has 1 aromatic heterocycles. The molecule has 21 heavy (non-hydrogen) atoms. The van der Waals surface area contributed by atoms with E-state index in [2.05, 4.69) is 0 Å². The second kappa shape index (κ2) is 6.26. The number of hydrogen-bond donors (Lipinski definition) is 1. The summed E-state index contributed by atoms with van der Waals surface area (Å²) in [4.78, 5) is 25.0. The Hall–Kier alpha value is -2.56. The summed E-state index contributed by atoms with van der Waals surface area (Å²) in [7, 11) is 1.82. The molecular formula is C16H18N2O3. The second-order valence-corrected chi connectivity index (χ2v) is 4.86. The standard InChI is InChI=1S/C16H18N2O3/c1-12-8-9-14(17(12)2)16(21)18(11-10-15(19)20)13-6-4-3-5-7-13/h3-9H,10-11H2,1-2H3,(H,19,20). The molecule has 0 aliphatic rings. The fraction of sp³-hybridized carbons (Fsp3) is 0.250. The van der Waals surface area contributed by atoms with Gasteiger partial charge in [0.1, 0.15) is 5.69 Å². The SMILES string of the molecule is Cc1ccc(C(=O)N(CCC(=O)O)c2ccccc2)n1C. The lowest BCUT2D eigenvalue weighted by atomic mass is 10.2. The maximum atomic E-state index is 12.7. The zero-order valence-electron chi connectivity index (χ0n) is 12.1. The van der Waals surface area contributed by atoms with E-state index in [1.165, 1.54) is 4.90 Å². The number of rotatable bonds is 5. The zero-order valence-corrected chi connectivity index (χ0v) is 12.1. The molecule has 1 heterocycles. The van der Waals surface area contributed by atoms with Crippen LogP contribution in [0.2, 0.25) is 0 Å². The number of aliphatic carboxylic acids is 1. The Morgan fingerprint density at radius 3 is 2.33 bits per heavy atom. The predicted molar refractivity (Wildman–Crippen MR) is 80.5 cm³/mol. The molecule has 0 bridgehead atoms. The maximum Gasteiger partial charge on any atom is 0.305 e. The van der Waals surface area contributed by atoms with Crippen molar-refractivity contribution in [3.8, 4) is 0 Å². The number of nitrogens with zero attached hydrogens (tertiary/aromatic N) is 2. The third-order valence-corrected chi connectivity index (χ3v) is 3.45. The van der Waals surface area contributed by atoms with Gasteiger partial charge in [-0.2, -0.15) is 0 Å². The smallest absolute Gasteiger partial charge is 0.305 e. The van der Waals surface area contributed by atoms with Crippen LogP contribution in [0, 0.1) is 6.92 Å². The van der Waals surface area contributed by atoms with Crippen LogP contribution in [-0.4, -0.2) is 28.1 Å². The molecule has 0 spiro atoms. The van der Waals surface area contributed by atoms with Crippen molar-refractivity contribution >= 4 is 17.6 Å². The average molecular weight is 286 g/mol. The van der Waals surface area contributed by atoms with Gasteiger partial charge in [0.05, 0.1) is 6.42 Å². The second-order valence-electron chi connectivity index (χ2n) is 4.86. The minimum Gasteiger partial charge on any atom is -0.481 e. The molecule has 1 N–H and O–H groups in total. The van der Waals surface area contributed by atoms with Crippen LogP contribution in [0.3, 0.4) is 0 Å². The third-order valence-electron chi connectivity index (χ3n) is 3.45. The molecule has 0 atom stereocenters. The van der Waals surface area contributed by atoms with Crippen molar-refractivity contribution in [2.24, 2.45) is 7.05 Å². The molecule has 2 rings (SSSR count). The fourth-order valence-corrected chi connectivity index (χ4v) is 2.13. The van der Waals surface area contributed by atoms with Crippen LogP contribution in [0.4, 0.5) is 5.69 Å². The highest BCUT2D eigenvalue weighted by Crippen LogP contribution is 2.18. The highest BCUT2D eigenvalue weighted by atomic mass is 16.4. The largest absolute Gasteiger partial charge is 0.481 e. The van der Waals surface area contributed by atoms with E-state index >= 15 is 0 Å². The van der Waals surface area contributed by atoms with Crippen molar-refractivity contribution in [1.82, 2.24) is 4.57 Å². The molecule has 0 saturated carbocycles. The minimum absolute atomic E-state index is 0.0932. The number of carbonyl (C=O) groups is 2.